The van der Waals surface area contributed by atoms with Crippen LogP contribution in [0, 0.1) is 6.92 Å². The fraction of sp³-hybridized carbons (Fsp3) is 0.545. The normalized spacial score (nSPS) is 26.4. The number of rotatable bonds is 2. The number of aromatic nitrogens is 2. The van der Waals surface area contributed by atoms with Crippen LogP contribution in [-0.4, -0.2) is 38.8 Å². The second-order valence-electron chi connectivity index (χ2n) is 8.70. The molecule has 4 rings (SSSR count). The van der Waals surface area contributed by atoms with Crippen LogP contribution in [0.4, 0.5) is 19.0 Å². The molecule has 168 valence electrons. The lowest BCUT2D eigenvalue weighted by Gasteiger charge is -2.38. The molecule has 2 aliphatic rings. The number of likely N-dealkylation sites (tertiary alicyclic amines) is 1. The fourth-order valence-corrected chi connectivity index (χ4v) is 4.95. The molecule has 9 heteroatoms. The van der Waals surface area contributed by atoms with Gasteiger partial charge in [-0.3, -0.25) is 4.79 Å². The van der Waals surface area contributed by atoms with E-state index in [-0.39, 0.29) is 35.0 Å². The first-order valence-electron chi connectivity index (χ1n) is 10.6. The number of aryl methyl sites for hydroxylation is 1. The number of amides is 1. The van der Waals surface area contributed by atoms with Crippen molar-refractivity contribution in [3.63, 3.8) is 0 Å². The third-order valence-corrected chi connectivity index (χ3v) is 6.76. The average Bonchev–Trinajstić information content (AvgIpc) is 3.03. The maximum atomic E-state index is 14.0. The van der Waals surface area contributed by atoms with Gasteiger partial charge in [0.05, 0.1) is 6.04 Å². The molecule has 0 spiro atoms. The summed E-state index contributed by atoms with van der Waals surface area (Å²) >= 11 is 6.48. The van der Waals surface area contributed by atoms with E-state index in [1.807, 2.05) is 45.0 Å². The highest BCUT2D eigenvalue weighted by Crippen LogP contribution is 2.46. The summed E-state index contributed by atoms with van der Waals surface area (Å²) in [5.41, 5.74) is 1.63. The zero-order valence-corrected chi connectivity index (χ0v) is 18.5. The number of piperidine rings is 1. The van der Waals surface area contributed by atoms with Crippen molar-refractivity contribution in [3.8, 4) is 0 Å². The van der Waals surface area contributed by atoms with E-state index in [0.717, 1.165) is 35.1 Å². The molecule has 1 N–H and O–H groups in total. The number of anilines is 1. The Kier molecular flexibility index (Phi) is 5.70. The maximum absolute atomic E-state index is 14.0. The lowest BCUT2D eigenvalue weighted by Crippen LogP contribution is -2.47. The van der Waals surface area contributed by atoms with Gasteiger partial charge in [-0.2, -0.15) is 18.3 Å². The summed E-state index contributed by atoms with van der Waals surface area (Å²) in [4.78, 5) is 15.0. The molecule has 0 bridgehead atoms. The molecule has 5 nitrogen and oxygen atoms in total. The summed E-state index contributed by atoms with van der Waals surface area (Å²) in [5, 5.41) is 7.14. The first kappa shape index (κ1) is 22.0. The molecule has 3 heterocycles. The molecule has 0 aliphatic carbocycles. The van der Waals surface area contributed by atoms with Crippen LogP contribution in [-0.2, 0) is 0 Å². The number of carbonyl (C=O) groups excluding carboxylic acids is 1. The monoisotopic (exact) mass is 454 g/mol. The molecule has 1 amide bonds. The quantitative estimate of drug-likeness (QED) is 0.613. The minimum atomic E-state index is -4.53. The van der Waals surface area contributed by atoms with Crippen molar-refractivity contribution in [2.24, 2.45) is 0 Å². The maximum Gasteiger partial charge on any atom is 0.410 e. The first-order chi connectivity index (χ1) is 14.6. The van der Waals surface area contributed by atoms with Gasteiger partial charge in [-0.25, -0.2) is 4.68 Å². The molecule has 0 unspecified atom stereocenters. The second-order valence-corrected chi connectivity index (χ2v) is 9.08. The number of nitrogens with one attached hydrogen (secondary N) is 1. The lowest BCUT2D eigenvalue weighted by atomic mass is 9.96. The molecule has 1 aromatic heterocycles. The molecule has 2 aliphatic heterocycles. The van der Waals surface area contributed by atoms with Gasteiger partial charge in [-0.05, 0) is 45.6 Å². The number of nitrogens with zero attached hydrogens (tertiary/aromatic N) is 3. The van der Waals surface area contributed by atoms with Crippen molar-refractivity contribution in [2.75, 3.05) is 5.32 Å². The minimum absolute atomic E-state index is 0.0160. The van der Waals surface area contributed by atoms with E-state index in [2.05, 4.69) is 10.4 Å². The Morgan fingerprint density at radius 3 is 2.35 bits per heavy atom. The topological polar surface area (TPSA) is 50.2 Å². The van der Waals surface area contributed by atoms with Crippen molar-refractivity contribution < 1.29 is 18.0 Å². The van der Waals surface area contributed by atoms with E-state index in [1.54, 1.807) is 4.90 Å². The van der Waals surface area contributed by atoms with Gasteiger partial charge in [0, 0.05) is 18.5 Å². The summed E-state index contributed by atoms with van der Waals surface area (Å²) in [7, 11) is 0. The third-order valence-electron chi connectivity index (χ3n) is 6.41. The van der Waals surface area contributed by atoms with Crippen LogP contribution in [0.2, 0.25) is 5.02 Å². The molecule has 1 fully saturated rings. The molecule has 2 aromatic rings. The highest BCUT2D eigenvalue weighted by Gasteiger charge is 2.48. The highest BCUT2D eigenvalue weighted by atomic mass is 35.5. The predicted molar refractivity (Wildman–Crippen MR) is 113 cm³/mol. The zero-order valence-electron chi connectivity index (χ0n) is 17.7. The number of fused-ring (bicyclic) bond motifs is 1. The Morgan fingerprint density at radius 1 is 1.16 bits per heavy atom. The van der Waals surface area contributed by atoms with E-state index >= 15 is 0 Å². The SMILES string of the molecule is Cc1ccc([C@@H]2C[C@H](C(F)(F)F)n3nc(C(=O)N4[C@@H](C)CCC[C@@H]4C)c(Cl)c3N2)cc1. The number of halogens is 4. The highest BCUT2D eigenvalue weighted by molar-refractivity contribution is 6.36. The number of carbonyl (C=O) groups is 1. The van der Waals surface area contributed by atoms with Gasteiger partial charge >= 0.3 is 6.18 Å². The van der Waals surface area contributed by atoms with Crippen LogP contribution in [0.1, 0.15) is 73.2 Å². The Morgan fingerprint density at radius 2 is 1.77 bits per heavy atom. The average molecular weight is 455 g/mol. The van der Waals surface area contributed by atoms with Crippen LogP contribution in [0.5, 0.6) is 0 Å². The van der Waals surface area contributed by atoms with E-state index < -0.39 is 24.2 Å². The Hall–Kier alpha value is -2.22. The number of benzene rings is 1. The smallest absolute Gasteiger partial charge is 0.362 e. The third kappa shape index (κ3) is 4.02. The molecule has 1 saturated heterocycles. The van der Waals surface area contributed by atoms with E-state index in [4.69, 9.17) is 11.6 Å². The van der Waals surface area contributed by atoms with Crippen molar-refractivity contribution >= 4 is 23.3 Å². The fourth-order valence-electron chi connectivity index (χ4n) is 4.69. The van der Waals surface area contributed by atoms with Crippen LogP contribution < -0.4 is 5.32 Å². The Bertz CT molecular complexity index is 962. The van der Waals surface area contributed by atoms with E-state index in [9.17, 15) is 18.0 Å². The molecular formula is C22H26ClF3N4O. The van der Waals surface area contributed by atoms with E-state index in [1.165, 1.54) is 0 Å². The number of hydrogen-bond acceptors (Lipinski definition) is 3. The van der Waals surface area contributed by atoms with Gasteiger partial charge in [-0.15, -0.1) is 0 Å². The summed E-state index contributed by atoms with van der Waals surface area (Å²) in [6.07, 6.45) is -2.06. The van der Waals surface area contributed by atoms with Crippen molar-refractivity contribution in [1.82, 2.24) is 14.7 Å². The van der Waals surface area contributed by atoms with Gasteiger partial charge in [0.2, 0.25) is 0 Å². The number of hydrogen-bond donors (Lipinski definition) is 1. The standard InChI is InChI=1S/C22H26ClF3N4O/c1-12-7-9-15(10-8-12)16-11-17(22(24,25)26)30-20(27-16)18(23)19(28-30)21(31)29-13(2)5-4-6-14(29)3/h7-10,13-14,16-17,27H,4-6,11H2,1-3H3/t13-,14-,16-,17+/m0/s1. The first-order valence-corrected chi connectivity index (χ1v) is 11.0. The molecule has 1 aromatic carbocycles. The second kappa shape index (κ2) is 8.04. The molecule has 0 saturated carbocycles. The summed E-state index contributed by atoms with van der Waals surface area (Å²) in [6.45, 7) is 5.81. The van der Waals surface area contributed by atoms with Crippen molar-refractivity contribution in [1.29, 1.82) is 0 Å². The van der Waals surface area contributed by atoms with Crippen LogP contribution in [0.25, 0.3) is 0 Å². The summed E-state index contributed by atoms with van der Waals surface area (Å²) < 4.78 is 42.7. The molecule has 31 heavy (non-hydrogen) atoms. The molecular weight excluding hydrogens is 429 g/mol. The van der Waals surface area contributed by atoms with Crippen LogP contribution in [0.3, 0.4) is 0 Å². The van der Waals surface area contributed by atoms with Crippen molar-refractivity contribution in [3.05, 3.63) is 46.1 Å². The Balaban J connectivity index is 1.74. The largest absolute Gasteiger partial charge is 0.410 e. The summed E-state index contributed by atoms with van der Waals surface area (Å²) in [6, 6.07) is 4.85. The van der Waals surface area contributed by atoms with Crippen LogP contribution in [0.15, 0.2) is 24.3 Å². The van der Waals surface area contributed by atoms with Gasteiger partial charge in [-0.1, -0.05) is 41.4 Å². The van der Waals surface area contributed by atoms with Crippen LogP contribution >= 0.6 is 11.6 Å². The summed E-state index contributed by atoms with van der Waals surface area (Å²) in [5.74, 6) is -0.373. The number of alkyl halides is 3. The predicted octanol–water partition coefficient (Wildman–Crippen LogP) is 5.91. The van der Waals surface area contributed by atoms with E-state index in [0.29, 0.717) is 0 Å². The van der Waals surface area contributed by atoms with Gasteiger partial charge in [0.1, 0.15) is 10.8 Å². The van der Waals surface area contributed by atoms with Crippen molar-refractivity contribution in [2.45, 2.75) is 76.8 Å². The minimum Gasteiger partial charge on any atom is -0.362 e. The van der Waals surface area contributed by atoms with Gasteiger partial charge in [0.15, 0.2) is 11.7 Å². The Labute approximate surface area is 184 Å². The molecule has 4 atom stereocenters. The lowest BCUT2D eigenvalue weighted by molar-refractivity contribution is -0.173. The van der Waals surface area contributed by atoms with Gasteiger partial charge in [0.25, 0.3) is 5.91 Å². The van der Waals surface area contributed by atoms with Gasteiger partial charge < -0.3 is 10.2 Å². The zero-order chi connectivity index (χ0) is 22.5. The molecule has 0 radical (unpaired) electrons.